The minimum atomic E-state index is -0.451. The Labute approximate surface area is 181 Å². The zero-order valence-electron chi connectivity index (χ0n) is 17.2. The van der Waals surface area contributed by atoms with Crippen LogP contribution in [0.2, 0.25) is 5.02 Å². The molecule has 2 aromatic rings. The van der Waals surface area contributed by atoms with E-state index < -0.39 is 6.10 Å². The summed E-state index contributed by atoms with van der Waals surface area (Å²) < 4.78 is 12.1. The summed E-state index contributed by atoms with van der Waals surface area (Å²) in [4.78, 5) is 14.6. The molecule has 2 aromatic carbocycles. The predicted octanol–water partition coefficient (Wildman–Crippen LogP) is 3.11. The van der Waals surface area contributed by atoms with Gasteiger partial charge in [0.2, 0.25) is 5.91 Å². The molecule has 1 saturated heterocycles. The van der Waals surface area contributed by atoms with E-state index in [-0.39, 0.29) is 37.1 Å². The number of anilines is 1. The molecule has 0 aliphatic carbocycles. The van der Waals surface area contributed by atoms with Crippen LogP contribution in [-0.4, -0.2) is 50.0 Å². The number of hydrogen-bond acceptors (Lipinski definition) is 5. The monoisotopic (exact) mass is 430 g/mol. The standard InChI is InChI=1S/C23H27ClN2O4/c1-26(2)16-7-8-20-18(9-16)19-10-17(29-21(13-27)23(19)30-20)11-22(28)25-12-14-3-5-15(24)6-4-14/h3-9,17,19,21,23,27H,10-13H2,1-2H3,(H,25,28)/t17-,19-,21-,23+/m1/s1. The van der Waals surface area contributed by atoms with Crippen molar-refractivity contribution < 1.29 is 19.4 Å². The molecule has 6 nitrogen and oxygen atoms in total. The second kappa shape index (κ2) is 8.84. The highest BCUT2D eigenvalue weighted by Crippen LogP contribution is 2.47. The van der Waals surface area contributed by atoms with Gasteiger partial charge in [0.25, 0.3) is 0 Å². The van der Waals surface area contributed by atoms with Crippen molar-refractivity contribution in [3.63, 3.8) is 0 Å². The highest BCUT2D eigenvalue weighted by Gasteiger charge is 2.46. The molecule has 0 radical (unpaired) electrons. The molecule has 2 aliphatic rings. The number of carbonyl (C=O) groups excluding carboxylic acids is 1. The molecule has 2 aliphatic heterocycles. The molecule has 0 saturated carbocycles. The Kier molecular flexibility index (Phi) is 6.18. The van der Waals surface area contributed by atoms with Gasteiger partial charge in [-0.2, -0.15) is 0 Å². The Morgan fingerprint density at radius 3 is 2.70 bits per heavy atom. The van der Waals surface area contributed by atoms with E-state index in [2.05, 4.69) is 16.3 Å². The lowest BCUT2D eigenvalue weighted by atomic mass is 9.84. The normalized spacial score (nSPS) is 24.5. The van der Waals surface area contributed by atoms with Crippen molar-refractivity contribution in [1.82, 2.24) is 5.32 Å². The minimum absolute atomic E-state index is 0.0775. The first-order valence-corrected chi connectivity index (χ1v) is 10.6. The van der Waals surface area contributed by atoms with E-state index in [1.54, 1.807) is 12.1 Å². The number of halogens is 1. The van der Waals surface area contributed by atoms with Crippen molar-refractivity contribution >= 4 is 23.2 Å². The molecule has 1 fully saturated rings. The second-order valence-corrected chi connectivity index (χ2v) is 8.56. The van der Waals surface area contributed by atoms with Crippen LogP contribution in [-0.2, 0) is 16.1 Å². The first-order valence-electron chi connectivity index (χ1n) is 10.2. The Bertz CT molecular complexity index is 903. The summed E-state index contributed by atoms with van der Waals surface area (Å²) in [5.74, 6) is 0.858. The number of carbonyl (C=O) groups is 1. The van der Waals surface area contributed by atoms with Crippen molar-refractivity contribution in [2.75, 3.05) is 25.6 Å². The molecule has 2 heterocycles. The van der Waals surface area contributed by atoms with Gasteiger partial charge in [-0.25, -0.2) is 0 Å². The Morgan fingerprint density at radius 2 is 2.00 bits per heavy atom. The van der Waals surface area contributed by atoms with Crippen LogP contribution >= 0.6 is 11.6 Å². The van der Waals surface area contributed by atoms with E-state index in [0.717, 1.165) is 22.6 Å². The van der Waals surface area contributed by atoms with E-state index in [0.29, 0.717) is 18.0 Å². The smallest absolute Gasteiger partial charge is 0.222 e. The van der Waals surface area contributed by atoms with Gasteiger partial charge in [-0.1, -0.05) is 23.7 Å². The Morgan fingerprint density at radius 1 is 1.23 bits per heavy atom. The van der Waals surface area contributed by atoms with Crippen molar-refractivity contribution in [2.24, 2.45) is 0 Å². The number of aliphatic hydroxyl groups is 1. The van der Waals surface area contributed by atoms with E-state index >= 15 is 0 Å². The summed E-state index contributed by atoms with van der Waals surface area (Å²) in [5, 5.41) is 13.5. The Balaban J connectivity index is 1.42. The van der Waals surface area contributed by atoms with Gasteiger partial charge < -0.3 is 24.8 Å². The second-order valence-electron chi connectivity index (χ2n) is 8.13. The van der Waals surface area contributed by atoms with E-state index in [4.69, 9.17) is 21.1 Å². The fourth-order valence-corrected chi connectivity index (χ4v) is 4.36. The maximum Gasteiger partial charge on any atom is 0.222 e. The molecule has 0 unspecified atom stereocenters. The molecule has 7 heteroatoms. The lowest BCUT2D eigenvalue weighted by Crippen LogP contribution is -2.47. The van der Waals surface area contributed by atoms with Gasteiger partial charge in [-0.3, -0.25) is 4.79 Å². The van der Waals surface area contributed by atoms with Gasteiger partial charge in [-0.05, 0) is 42.3 Å². The molecule has 1 amide bonds. The summed E-state index contributed by atoms with van der Waals surface area (Å²) in [5.41, 5.74) is 3.21. The van der Waals surface area contributed by atoms with Crippen LogP contribution in [0, 0.1) is 0 Å². The van der Waals surface area contributed by atoms with Gasteiger partial charge in [0.1, 0.15) is 18.0 Å². The minimum Gasteiger partial charge on any atom is -0.487 e. The van der Waals surface area contributed by atoms with E-state index in [9.17, 15) is 9.90 Å². The van der Waals surface area contributed by atoms with Crippen LogP contribution in [0.3, 0.4) is 0 Å². The number of fused-ring (bicyclic) bond motifs is 3. The molecule has 4 atom stereocenters. The molecule has 0 bridgehead atoms. The number of aliphatic hydroxyl groups excluding tert-OH is 1. The fourth-order valence-electron chi connectivity index (χ4n) is 4.24. The van der Waals surface area contributed by atoms with Gasteiger partial charge in [0, 0.05) is 42.8 Å². The molecule has 4 rings (SSSR count). The summed E-state index contributed by atoms with van der Waals surface area (Å²) in [6, 6.07) is 13.5. The SMILES string of the molecule is CN(C)c1ccc2c(c1)[C@H]1C[C@H](CC(=O)NCc3ccc(Cl)cc3)O[C@H](CO)[C@H]1O2. The first kappa shape index (κ1) is 21.0. The van der Waals surface area contributed by atoms with Crippen LogP contribution in [0.15, 0.2) is 42.5 Å². The van der Waals surface area contributed by atoms with Gasteiger partial charge in [0.05, 0.1) is 19.1 Å². The van der Waals surface area contributed by atoms with Crippen LogP contribution in [0.4, 0.5) is 5.69 Å². The largest absolute Gasteiger partial charge is 0.487 e. The summed E-state index contributed by atoms with van der Waals surface area (Å²) >= 11 is 5.90. The zero-order valence-corrected chi connectivity index (χ0v) is 17.9. The topological polar surface area (TPSA) is 71.0 Å². The quantitative estimate of drug-likeness (QED) is 0.736. The fraction of sp³-hybridized carbons (Fsp3) is 0.435. The zero-order chi connectivity index (χ0) is 21.3. The van der Waals surface area contributed by atoms with Crippen molar-refractivity contribution in [3.8, 4) is 5.75 Å². The maximum atomic E-state index is 12.5. The number of nitrogens with zero attached hydrogens (tertiary/aromatic N) is 1. The number of nitrogens with one attached hydrogen (secondary N) is 1. The third-order valence-electron chi connectivity index (χ3n) is 5.82. The summed E-state index contributed by atoms with van der Waals surface area (Å²) in [6.07, 6.45) is -0.0231. The lowest BCUT2D eigenvalue weighted by Gasteiger charge is -2.37. The van der Waals surface area contributed by atoms with Crippen molar-refractivity contribution in [1.29, 1.82) is 0 Å². The third kappa shape index (κ3) is 4.41. The lowest BCUT2D eigenvalue weighted by molar-refractivity contribution is -0.142. The molecule has 2 N–H and O–H groups in total. The van der Waals surface area contributed by atoms with Crippen LogP contribution in [0.1, 0.15) is 29.9 Å². The highest BCUT2D eigenvalue weighted by atomic mass is 35.5. The highest BCUT2D eigenvalue weighted by molar-refractivity contribution is 6.30. The number of rotatable bonds is 6. The number of hydrogen-bond donors (Lipinski definition) is 2. The molecule has 160 valence electrons. The molecular weight excluding hydrogens is 404 g/mol. The van der Waals surface area contributed by atoms with Crippen LogP contribution < -0.4 is 15.0 Å². The number of benzene rings is 2. The summed E-state index contributed by atoms with van der Waals surface area (Å²) in [6.45, 7) is 0.301. The average molecular weight is 431 g/mol. The molecule has 0 aromatic heterocycles. The average Bonchev–Trinajstić information content (AvgIpc) is 3.10. The van der Waals surface area contributed by atoms with Gasteiger partial charge in [-0.15, -0.1) is 0 Å². The Hall–Kier alpha value is -2.28. The van der Waals surface area contributed by atoms with Gasteiger partial charge in [0.15, 0.2) is 0 Å². The van der Waals surface area contributed by atoms with Gasteiger partial charge >= 0.3 is 0 Å². The van der Waals surface area contributed by atoms with E-state index in [1.807, 2.05) is 38.4 Å². The predicted molar refractivity (Wildman–Crippen MR) is 116 cm³/mol. The van der Waals surface area contributed by atoms with Crippen molar-refractivity contribution in [2.45, 2.75) is 43.6 Å². The number of amides is 1. The van der Waals surface area contributed by atoms with Crippen LogP contribution in [0.5, 0.6) is 5.75 Å². The maximum absolute atomic E-state index is 12.5. The van der Waals surface area contributed by atoms with E-state index in [1.165, 1.54) is 0 Å². The molecular formula is C23H27ClN2O4. The first-order chi connectivity index (χ1) is 14.4. The molecule has 0 spiro atoms. The third-order valence-corrected chi connectivity index (χ3v) is 6.07. The van der Waals surface area contributed by atoms with Crippen LogP contribution in [0.25, 0.3) is 0 Å². The summed E-state index contributed by atoms with van der Waals surface area (Å²) in [7, 11) is 4.01. The number of ether oxygens (including phenoxy) is 2. The van der Waals surface area contributed by atoms with Crippen molar-refractivity contribution in [3.05, 3.63) is 58.6 Å². The molecule has 30 heavy (non-hydrogen) atoms.